The van der Waals surface area contributed by atoms with Crippen LogP contribution in [0, 0.1) is 0 Å². The lowest BCUT2D eigenvalue weighted by molar-refractivity contribution is -0.118. The van der Waals surface area contributed by atoms with Crippen molar-refractivity contribution in [1.29, 1.82) is 0 Å². The maximum absolute atomic E-state index is 10.6. The molecule has 0 radical (unpaired) electrons. The molecule has 1 aliphatic carbocycles. The van der Waals surface area contributed by atoms with Crippen LogP contribution < -0.4 is 16.4 Å². The fourth-order valence-electron chi connectivity index (χ4n) is 1.84. The molecular formula is C10H21N3O. The number of nitrogens with one attached hydrogen (secondary N) is 2. The Bertz CT molecular complexity index is 176. The molecule has 1 fully saturated rings. The summed E-state index contributed by atoms with van der Waals surface area (Å²) in [5.74, 6) is 0.0393. The minimum atomic E-state index is 0.0393. The quantitative estimate of drug-likeness (QED) is 0.558. The smallest absolute Gasteiger partial charge is 0.216 e. The van der Waals surface area contributed by atoms with E-state index in [0.29, 0.717) is 12.1 Å². The lowest BCUT2D eigenvalue weighted by Gasteiger charge is -2.26. The third-order valence-corrected chi connectivity index (χ3v) is 2.70. The highest BCUT2D eigenvalue weighted by Gasteiger charge is 2.17. The summed E-state index contributed by atoms with van der Waals surface area (Å²) in [5.41, 5.74) is 5.81. The average molecular weight is 199 g/mol. The van der Waals surface area contributed by atoms with Gasteiger partial charge in [0.2, 0.25) is 5.91 Å². The fourth-order valence-corrected chi connectivity index (χ4v) is 1.84. The van der Waals surface area contributed by atoms with Crippen molar-refractivity contribution in [2.24, 2.45) is 5.73 Å². The summed E-state index contributed by atoms with van der Waals surface area (Å²) < 4.78 is 0. The standard InChI is InChI=1S/C10H21N3O/c1-8(14)12-6-7-13-10-4-2-9(11)3-5-10/h9-10,13H,2-7,11H2,1H3,(H,12,14). The van der Waals surface area contributed by atoms with Gasteiger partial charge in [-0.25, -0.2) is 0 Å². The van der Waals surface area contributed by atoms with Crippen LogP contribution in [0.4, 0.5) is 0 Å². The molecule has 1 aliphatic rings. The lowest BCUT2D eigenvalue weighted by Crippen LogP contribution is -2.40. The molecule has 0 bridgehead atoms. The van der Waals surface area contributed by atoms with E-state index in [4.69, 9.17) is 5.73 Å². The van der Waals surface area contributed by atoms with Gasteiger partial charge in [-0.3, -0.25) is 4.79 Å². The Morgan fingerprint density at radius 1 is 1.29 bits per heavy atom. The summed E-state index contributed by atoms with van der Waals surface area (Å²) >= 11 is 0. The zero-order valence-corrected chi connectivity index (χ0v) is 8.88. The molecule has 4 N–H and O–H groups in total. The first-order valence-corrected chi connectivity index (χ1v) is 5.42. The maximum atomic E-state index is 10.6. The van der Waals surface area contributed by atoms with Gasteiger partial charge in [0.25, 0.3) is 0 Å². The van der Waals surface area contributed by atoms with E-state index in [1.807, 2.05) is 0 Å². The third-order valence-electron chi connectivity index (χ3n) is 2.70. The molecule has 0 aliphatic heterocycles. The van der Waals surface area contributed by atoms with Gasteiger partial charge < -0.3 is 16.4 Å². The highest BCUT2D eigenvalue weighted by Crippen LogP contribution is 2.16. The van der Waals surface area contributed by atoms with E-state index in [1.54, 1.807) is 6.92 Å². The molecule has 0 aromatic carbocycles. The second kappa shape index (κ2) is 5.98. The largest absolute Gasteiger partial charge is 0.355 e. The SMILES string of the molecule is CC(=O)NCCNC1CCC(N)CC1. The number of carbonyl (C=O) groups is 1. The van der Waals surface area contributed by atoms with Gasteiger partial charge in [-0.1, -0.05) is 0 Å². The molecule has 0 atom stereocenters. The zero-order valence-electron chi connectivity index (χ0n) is 8.88. The number of hydrogen-bond acceptors (Lipinski definition) is 3. The molecule has 0 spiro atoms. The number of rotatable bonds is 4. The van der Waals surface area contributed by atoms with Crippen molar-refractivity contribution in [3.63, 3.8) is 0 Å². The van der Waals surface area contributed by atoms with Gasteiger partial charge in [-0.2, -0.15) is 0 Å². The van der Waals surface area contributed by atoms with E-state index in [1.165, 1.54) is 12.8 Å². The van der Waals surface area contributed by atoms with Crippen LogP contribution in [0.2, 0.25) is 0 Å². The monoisotopic (exact) mass is 199 g/mol. The van der Waals surface area contributed by atoms with Crippen molar-refractivity contribution >= 4 is 5.91 Å². The van der Waals surface area contributed by atoms with Gasteiger partial charge in [-0.05, 0) is 25.7 Å². The highest BCUT2D eigenvalue weighted by molar-refractivity contribution is 5.72. The van der Waals surface area contributed by atoms with Crippen LogP contribution >= 0.6 is 0 Å². The Morgan fingerprint density at radius 3 is 2.50 bits per heavy atom. The van der Waals surface area contributed by atoms with E-state index in [9.17, 15) is 4.79 Å². The molecular weight excluding hydrogens is 178 g/mol. The number of amides is 1. The van der Waals surface area contributed by atoms with Crippen LogP contribution in [0.5, 0.6) is 0 Å². The van der Waals surface area contributed by atoms with Crippen molar-refractivity contribution in [3.8, 4) is 0 Å². The van der Waals surface area contributed by atoms with Crippen LogP contribution in [-0.2, 0) is 4.79 Å². The number of carbonyl (C=O) groups excluding carboxylic acids is 1. The minimum Gasteiger partial charge on any atom is -0.355 e. The molecule has 4 heteroatoms. The van der Waals surface area contributed by atoms with Crippen molar-refractivity contribution in [2.75, 3.05) is 13.1 Å². The molecule has 0 aromatic heterocycles. The van der Waals surface area contributed by atoms with Crippen molar-refractivity contribution < 1.29 is 4.79 Å². The van der Waals surface area contributed by atoms with Crippen LogP contribution in [-0.4, -0.2) is 31.1 Å². The number of nitrogens with two attached hydrogens (primary N) is 1. The lowest BCUT2D eigenvalue weighted by atomic mass is 9.92. The Hall–Kier alpha value is -0.610. The van der Waals surface area contributed by atoms with E-state index < -0.39 is 0 Å². The Kier molecular flexibility index (Phi) is 4.90. The van der Waals surface area contributed by atoms with Gasteiger partial charge in [0.05, 0.1) is 0 Å². The molecule has 82 valence electrons. The van der Waals surface area contributed by atoms with Crippen molar-refractivity contribution in [1.82, 2.24) is 10.6 Å². The normalized spacial score (nSPS) is 27.3. The predicted molar refractivity (Wildman–Crippen MR) is 56.9 cm³/mol. The summed E-state index contributed by atoms with van der Waals surface area (Å²) in [5, 5.41) is 6.19. The van der Waals surface area contributed by atoms with Crippen molar-refractivity contribution in [2.45, 2.75) is 44.7 Å². The second-order valence-corrected chi connectivity index (χ2v) is 4.05. The first-order valence-electron chi connectivity index (χ1n) is 5.42. The summed E-state index contributed by atoms with van der Waals surface area (Å²) in [4.78, 5) is 10.6. The number of hydrogen-bond donors (Lipinski definition) is 3. The van der Waals surface area contributed by atoms with Crippen LogP contribution in [0.3, 0.4) is 0 Å². The molecule has 1 saturated carbocycles. The first kappa shape index (κ1) is 11.5. The van der Waals surface area contributed by atoms with Gasteiger partial charge >= 0.3 is 0 Å². The molecule has 0 heterocycles. The maximum Gasteiger partial charge on any atom is 0.216 e. The highest BCUT2D eigenvalue weighted by atomic mass is 16.1. The molecule has 1 amide bonds. The Morgan fingerprint density at radius 2 is 1.93 bits per heavy atom. The average Bonchev–Trinajstić information content (AvgIpc) is 2.15. The second-order valence-electron chi connectivity index (χ2n) is 4.05. The van der Waals surface area contributed by atoms with E-state index >= 15 is 0 Å². The van der Waals surface area contributed by atoms with Crippen LogP contribution in [0.15, 0.2) is 0 Å². The van der Waals surface area contributed by atoms with Crippen LogP contribution in [0.25, 0.3) is 0 Å². The minimum absolute atomic E-state index is 0.0393. The molecule has 4 nitrogen and oxygen atoms in total. The predicted octanol–water partition coefficient (Wildman–Crippen LogP) is -0.0180. The topological polar surface area (TPSA) is 67.2 Å². The van der Waals surface area contributed by atoms with Crippen molar-refractivity contribution in [3.05, 3.63) is 0 Å². The van der Waals surface area contributed by atoms with Gasteiger partial charge in [0, 0.05) is 32.1 Å². The molecule has 14 heavy (non-hydrogen) atoms. The third kappa shape index (κ3) is 4.58. The van der Waals surface area contributed by atoms with Crippen LogP contribution in [0.1, 0.15) is 32.6 Å². The summed E-state index contributed by atoms with van der Waals surface area (Å²) in [6, 6.07) is 1.01. The molecule has 1 rings (SSSR count). The molecule has 0 aromatic rings. The van der Waals surface area contributed by atoms with E-state index in [-0.39, 0.29) is 5.91 Å². The first-order chi connectivity index (χ1) is 6.68. The molecule has 0 unspecified atom stereocenters. The zero-order chi connectivity index (χ0) is 10.4. The Balaban J connectivity index is 1.99. The summed E-state index contributed by atoms with van der Waals surface area (Å²) in [6.45, 7) is 3.12. The van der Waals surface area contributed by atoms with Gasteiger partial charge in [-0.15, -0.1) is 0 Å². The molecule has 0 saturated heterocycles. The van der Waals surface area contributed by atoms with Gasteiger partial charge in [0.15, 0.2) is 0 Å². The van der Waals surface area contributed by atoms with E-state index in [2.05, 4.69) is 10.6 Å². The Labute approximate surface area is 85.6 Å². The summed E-state index contributed by atoms with van der Waals surface area (Å²) in [6.07, 6.45) is 4.58. The van der Waals surface area contributed by atoms with E-state index in [0.717, 1.165) is 25.9 Å². The summed E-state index contributed by atoms with van der Waals surface area (Å²) in [7, 11) is 0. The van der Waals surface area contributed by atoms with Gasteiger partial charge in [0.1, 0.15) is 0 Å². The fraction of sp³-hybridized carbons (Fsp3) is 0.900.